The predicted octanol–water partition coefficient (Wildman–Crippen LogP) is 4.33. The summed E-state index contributed by atoms with van der Waals surface area (Å²) in [4.78, 5) is 0. The molecule has 0 saturated carbocycles. The Morgan fingerprint density at radius 3 is 2.58 bits per heavy atom. The summed E-state index contributed by atoms with van der Waals surface area (Å²) in [5.74, 6) is 1.50. The van der Waals surface area contributed by atoms with E-state index in [1.54, 1.807) is 0 Å². The molecule has 0 radical (unpaired) electrons. The average molecular weight is 276 g/mol. The maximum Gasteiger partial charge on any atom is 0.146 e. The highest BCUT2D eigenvalue weighted by atomic mass is 35.5. The van der Waals surface area contributed by atoms with Crippen molar-refractivity contribution < 1.29 is 4.74 Å². The van der Waals surface area contributed by atoms with Gasteiger partial charge in [0.05, 0.1) is 5.02 Å². The molecule has 0 saturated heterocycles. The van der Waals surface area contributed by atoms with E-state index >= 15 is 0 Å². The molecular weight excluding hydrogens is 258 g/mol. The molecule has 2 aromatic rings. The minimum Gasteiger partial charge on any atom is -0.456 e. The van der Waals surface area contributed by atoms with Gasteiger partial charge in [0.1, 0.15) is 11.5 Å². The van der Waals surface area contributed by atoms with Crippen LogP contribution >= 0.6 is 11.6 Å². The van der Waals surface area contributed by atoms with Gasteiger partial charge in [-0.3, -0.25) is 0 Å². The lowest BCUT2D eigenvalue weighted by molar-refractivity contribution is 0.478. The maximum atomic E-state index is 6.11. The fraction of sp³-hybridized carbons (Fsp3) is 0.250. The van der Waals surface area contributed by atoms with E-state index in [1.807, 2.05) is 50.2 Å². The van der Waals surface area contributed by atoms with Crippen LogP contribution in [0.4, 0.5) is 0 Å². The number of rotatable bonds is 4. The van der Waals surface area contributed by atoms with Crippen molar-refractivity contribution in [2.45, 2.75) is 26.3 Å². The topological polar surface area (TPSA) is 35.2 Å². The molecule has 19 heavy (non-hydrogen) atoms. The van der Waals surface area contributed by atoms with Crippen molar-refractivity contribution in [1.82, 2.24) is 0 Å². The Labute approximate surface area is 119 Å². The van der Waals surface area contributed by atoms with Crippen molar-refractivity contribution in [3.8, 4) is 11.5 Å². The third kappa shape index (κ3) is 3.72. The minimum absolute atomic E-state index is 0.135. The highest BCUT2D eigenvalue weighted by Gasteiger charge is 2.07. The van der Waals surface area contributed by atoms with Gasteiger partial charge >= 0.3 is 0 Å². The molecule has 0 fully saturated rings. The van der Waals surface area contributed by atoms with Crippen LogP contribution in [-0.2, 0) is 6.42 Å². The number of para-hydroxylation sites is 1. The second kappa shape index (κ2) is 6.09. The molecule has 0 amide bonds. The van der Waals surface area contributed by atoms with Crippen LogP contribution < -0.4 is 10.5 Å². The Morgan fingerprint density at radius 2 is 1.89 bits per heavy atom. The maximum absolute atomic E-state index is 6.11. The van der Waals surface area contributed by atoms with Gasteiger partial charge in [-0.15, -0.1) is 0 Å². The van der Waals surface area contributed by atoms with E-state index in [-0.39, 0.29) is 6.04 Å². The van der Waals surface area contributed by atoms with Gasteiger partial charge in [0.25, 0.3) is 0 Å². The Kier molecular flexibility index (Phi) is 4.46. The van der Waals surface area contributed by atoms with Crippen LogP contribution in [0.3, 0.4) is 0 Å². The number of hydrogen-bond donors (Lipinski definition) is 1. The van der Waals surface area contributed by atoms with Crippen LogP contribution in [0.5, 0.6) is 11.5 Å². The molecule has 1 atom stereocenters. The van der Waals surface area contributed by atoms with E-state index in [4.69, 9.17) is 22.1 Å². The van der Waals surface area contributed by atoms with Gasteiger partial charge in [-0.25, -0.2) is 0 Å². The third-order valence-electron chi connectivity index (χ3n) is 2.87. The molecule has 100 valence electrons. The van der Waals surface area contributed by atoms with Crippen LogP contribution in [-0.4, -0.2) is 6.04 Å². The van der Waals surface area contributed by atoms with Crippen molar-refractivity contribution in [1.29, 1.82) is 0 Å². The van der Waals surface area contributed by atoms with E-state index in [1.165, 1.54) is 5.56 Å². The summed E-state index contributed by atoms with van der Waals surface area (Å²) < 4.78 is 5.89. The molecule has 2 aromatic carbocycles. The number of aryl methyl sites for hydroxylation is 1. The fourth-order valence-electron chi connectivity index (χ4n) is 1.90. The summed E-state index contributed by atoms with van der Waals surface area (Å²) >= 11 is 6.11. The molecule has 2 rings (SSSR count). The summed E-state index contributed by atoms with van der Waals surface area (Å²) in [6, 6.07) is 13.8. The molecular formula is C16H18ClNO. The van der Waals surface area contributed by atoms with Crippen LogP contribution in [0.15, 0.2) is 42.5 Å². The van der Waals surface area contributed by atoms with Gasteiger partial charge in [-0.05, 0) is 49.6 Å². The number of benzene rings is 2. The fourth-order valence-corrected chi connectivity index (χ4v) is 2.07. The molecule has 1 unspecified atom stereocenters. The van der Waals surface area contributed by atoms with Crippen LogP contribution in [0.25, 0.3) is 0 Å². The van der Waals surface area contributed by atoms with Gasteiger partial charge in [-0.2, -0.15) is 0 Å². The molecule has 2 N–H and O–H groups in total. The lowest BCUT2D eigenvalue weighted by Crippen LogP contribution is -2.17. The molecule has 3 heteroatoms. The zero-order valence-corrected chi connectivity index (χ0v) is 11.9. The Hall–Kier alpha value is -1.51. The molecule has 0 spiro atoms. The van der Waals surface area contributed by atoms with E-state index in [0.717, 1.165) is 17.7 Å². The predicted molar refractivity (Wildman–Crippen MR) is 80.1 cm³/mol. The van der Waals surface area contributed by atoms with Crippen molar-refractivity contribution in [3.05, 3.63) is 58.6 Å². The Bertz CT molecular complexity index is 566. The van der Waals surface area contributed by atoms with Crippen LogP contribution in [0.2, 0.25) is 5.02 Å². The summed E-state index contributed by atoms with van der Waals surface area (Å²) in [7, 11) is 0. The monoisotopic (exact) mass is 275 g/mol. The third-order valence-corrected chi connectivity index (χ3v) is 3.18. The molecule has 0 aliphatic heterocycles. The smallest absolute Gasteiger partial charge is 0.146 e. The summed E-state index contributed by atoms with van der Waals surface area (Å²) in [5.41, 5.74) is 8.07. The summed E-state index contributed by atoms with van der Waals surface area (Å²) in [6.07, 6.45) is 0.833. The molecule has 0 heterocycles. The van der Waals surface area contributed by atoms with E-state index in [9.17, 15) is 0 Å². The lowest BCUT2D eigenvalue weighted by Gasteiger charge is -2.12. The standard InChI is InChI=1S/C16H18ClNO/c1-11-7-8-13(9-12(2)18)10-16(11)19-15-6-4-3-5-14(15)17/h3-8,10,12H,9,18H2,1-2H3. The quantitative estimate of drug-likeness (QED) is 0.901. The summed E-state index contributed by atoms with van der Waals surface area (Å²) in [5, 5.41) is 0.611. The molecule has 0 aliphatic carbocycles. The first-order chi connectivity index (χ1) is 9.06. The molecule has 0 aliphatic rings. The average Bonchev–Trinajstić information content (AvgIpc) is 2.35. The molecule has 2 nitrogen and oxygen atoms in total. The second-order valence-corrected chi connectivity index (χ2v) is 5.22. The minimum atomic E-state index is 0.135. The number of ether oxygens (including phenoxy) is 1. The number of halogens is 1. The van der Waals surface area contributed by atoms with E-state index in [2.05, 4.69) is 6.07 Å². The van der Waals surface area contributed by atoms with Crippen LogP contribution in [0.1, 0.15) is 18.1 Å². The highest BCUT2D eigenvalue weighted by Crippen LogP contribution is 2.31. The largest absolute Gasteiger partial charge is 0.456 e. The Balaban J connectivity index is 2.26. The normalized spacial score (nSPS) is 12.2. The second-order valence-electron chi connectivity index (χ2n) is 4.81. The molecule has 0 bridgehead atoms. The van der Waals surface area contributed by atoms with Crippen molar-refractivity contribution in [2.24, 2.45) is 5.73 Å². The van der Waals surface area contributed by atoms with Crippen molar-refractivity contribution in [2.75, 3.05) is 0 Å². The zero-order valence-electron chi connectivity index (χ0n) is 11.2. The first kappa shape index (κ1) is 13.9. The van der Waals surface area contributed by atoms with Gasteiger partial charge in [0, 0.05) is 6.04 Å². The lowest BCUT2D eigenvalue weighted by atomic mass is 10.1. The molecule has 0 aromatic heterocycles. The Morgan fingerprint density at radius 1 is 1.16 bits per heavy atom. The van der Waals surface area contributed by atoms with Gasteiger partial charge in [0.2, 0.25) is 0 Å². The van der Waals surface area contributed by atoms with Crippen molar-refractivity contribution >= 4 is 11.6 Å². The van der Waals surface area contributed by atoms with Gasteiger partial charge in [-0.1, -0.05) is 35.9 Å². The SMILES string of the molecule is Cc1ccc(CC(C)N)cc1Oc1ccccc1Cl. The first-order valence-corrected chi connectivity index (χ1v) is 6.71. The van der Waals surface area contributed by atoms with Gasteiger partial charge < -0.3 is 10.5 Å². The number of hydrogen-bond acceptors (Lipinski definition) is 2. The highest BCUT2D eigenvalue weighted by molar-refractivity contribution is 6.32. The number of nitrogens with two attached hydrogens (primary N) is 1. The first-order valence-electron chi connectivity index (χ1n) is 6.34. The van der Waals surface area contributed by atoms with E-state index in [0.29, 0.717) is 10.8 Å². The van der Waals surface area contributed by atoms with Crippen LogP contribution in [0, 0.1) is 6.92 Å². The summed E-state index contributed by atoms with van der Waals surface area (Å²) in [6.45, 7) is 4.01. The van der Waals surface area contributed by atoms with Gasteiger partial charge in [0.15, 0.2) is 0 Å². The van der Waals surface area contributed by atoms with Crippen molar-refractivity contribution in [3.63, 3.8) is 0 Å². The zero-order chi connectivity index (χ0) is 13.8. The van der Waals surface area contributed by atoms with E-state index < -0.39 is 0 Å².